The molecule has 1 aliphatic heterocycles. The van der Waals surface area contributed by atoms with Crippen LogP contribution in [0.25, 0.3) is 0 Å². The molecular formula is C18H27ClN2O2. The Bertz CT molecular complexity index is 528. The highest BCUT2D eigenvalue weighted by molar-refractivity contribution is 6.30. The van der Waals surface area contributed by atoms with Crippen LogP contribution in [0.1, 0.15) is 40.0 Å². The SMILES string of the molecule is CC(Oc1cccc(Cl)c1)C(=O)NCC(C)(C)N1CCCCC1. The van der Waals surface area contributed by atoms with Crippen molar-refractivity contribution in [2.24, 2.45) is 0 Å². The number of hydrogen-bond acceptors (Lipinski definition) is 3. The number of amides is 1. The summed E-state index contributed by atoms with van der Waals surface area (Å²) in [5.41, 5.74) is -0.0359. The zero-order chi connectivity index (χ0) is 16.9. The van der Waals surface area contributed by atoms with E-state index in [2.05, 4.69) is 24.1 Å². The molecule has 5 heteroatoms. The maximum Gasteiger partial charge on any atom is 0.260 e. The van der Waals surface area contributed by atoms with Crippen molar-refractivity contribution in [1.29, 1.82) is 0 Å². The molecule has 4 nitrogen and oxygen atoms in total. The first-order chi connectivity index (χ1) is 10.9. The molecule has 2 rings (SSSR count). The van der Waals surface area contributed by atoms with E-state index in [1.54, 1.807) is 25.1 Å². The third-order valence-corrected chi connectivity index (χ3v) is 4.62. The van der Waals surface area contributed by atoms with Crippen molar-refractivity contribution in [3.63, 3.8) is 0 Å². The van der Waals surface area contributed by atoms with Crippen molar-refractivity contribution in [3.8, 4) is 5.75 Å². The van der Waals surface area contributed by atoms with E-state index in [4.69, 9.17) is 16.3 Å². The van der Waals surface area contributed by atoms with Gasteiger partial charge in [0.15, 0.2) is 6.10 Å². The summed E-state index contributed by atoms with van der Waals surface area (Å²) in [6.07, 6.45) is 3.24. The molecule has 0 radical (unpaired) electrons. The second kappa shape index (κ2) is 8.02. The number of halogens is 1. The molecule has 1 saturated heterocycles. The summed E-state index contributed by atoms with van der Waals surface area (Å²) in [6, 6.07) is 7.10. The molecule has 0 spiro atoms. The van der Waals surface area contributed by atoms with Crippen LogP contribution in [0.2, 0.25) is 5.02 Å². The van der Waals surface area contributed by atoms with Gasteiger partial charge in [-0.15, -0.1) is 0 Å². The van der Waals surface area contributed by atoms with Gasteiger partial charge in [-0.05, 0) is 64.9 Å². The number of carbonyl (C=O) groups is 1. The second-order valence-corrected chi connectivity index (χ2v) is 7.23. The summed E-state index contributed by atoms with van der Waals surface area (Å²) in [5.74, 6) is 0.505. The molecule has 1 N–H and O–H groups in total. The van der Waals surface area contributed by atoms with Crippen LogP contribution in [0.4, 0.5) is 0 Å². The average Bonchev–Trinajstić information content (AvgIpc) is 2.53. The summed E-state index contributed by atoms with van der Waals surface area (Å²) >= 11 is 5.93. The Kier molecular flexibility index (Phi) is 6.31. The van der Waals surface area contributed by atoms with E-state index in [9.17, 15) is 4.79 Å². The van der Waals surface area contributed by atoms with Crippen molar-refractivity contribution < 1.29 is 9.53 Å². The van der Waals surface area contributed by atoms with E-state index in [-0.39, 0.29) is 11.4 Å². The molecule has 0 saturated carbocycles. The van der Waals surface area contributed by atoms with Crippen molar-refractivity contribution in [2.75, 3.05) is 19.6 Å². The van der Waals surface area contributed by atoms with Crippen LogP contribution in [-0.4, -0.2) is 42.1 Å². The van der Waals surface area contributed by atoms with Crippen molar-refractivity contribution in [3.05, 3.63) is 29.3 Å². The minimum atomic E-state index is -0.550. The minimum absolute atomic E-state index is 0.0359. The van der Waals surface area contributed by atoms with Crippen molar-refractivity contribution >= 4 is 17.5 Å². The van der Waals surface area contributed by atoms with E-state index in [1.165, 1.54) is 19.3 Å². The molecule has 23 heavy (non-hydrogen) atoms. The maximum absolute atomic E-state index is 12.3. The van der Waals surface area contributed by atoms with Gasteiger partial charge in [-0.1, -0.05) is 24.1 Å². The number of carbonyl (C=O) groups excluding carboxylic acids is 1. The number of hydrogen-bond donors (Lipinski definition) is 1. The third kappa shape index (κ3) is 5.40. The fourth-order valence-electron chi connectivity index (χ4n) is 2.86. The van der Waals surface area contributed by atoms with Gasteiger partial charge in [-0.25, -0.2) is 0 Å². The molecule has 1 aromatic carbocycles. The number of likely N-dealkylation sites (tertiary alicyclic amines) is 1. The molecule has 0 bridgehead atoms. The van der Waals surface area contributed by atoms with E-state index < -0.39 is 6.10 Å². The largest absolute Gasteiger partial charge is 0.481 e. The number of ether oxygens (including phenoxy) is 1. The van der Waals surface area contributed by atoms with Crippen LogP contribution < -0.4 is 10.1 Å². The van der Waals surface area contributed by atoms with Gasteiger partial charge in [0.1, 0.15) is 5.75 Å². The van der Waals surface area contributed by atoms with Crippen LogP contribution in [0.5, 0.6) is 5.75 Å². The van der Waals surface area contributed by atoms with Crippen LogP contribution in [0.3, 0.4) is 0 Å². The normalized spacial score (nSPS) is 17.6. The fraction of sp³-hybridized carbons (Fsp3) is 0.611. The topological polar surface area (TPSA) is 41.6 Å². The summed E-state index contributed by atoms with van der Waals surface area (Å²) < 4.78 is 5.66. The van der Waals surface area contributed by atoms with Gasteiger partial charge in [-0.3, -0.25) is 9.69 Å². The standard InChI is InChI=1S/C18H27ClN2O2/c1-14(23-16-9-7-8-15(19)12-16)17(22)20-13-18(2,3)21-10-5-4-6-11-21/h7-9,12,14H,4-6,10-11,13H2,1-3H3,(H,20,22). The first-order valence-corrected chi connectivity index (χ1v) is 8.71. The molecule has 1 amide bonds. The third-order valence-electron chi connectivity index (χ3n) is 4.39. The molecular weight excluding hydrogens is 312 g/mol. The van der Waals surface area contributed by atoms with Crippen LogP contribution >= 0.6 is 11.6 Å². The molecule has 128 valence electrons. The van der Waals surface area contributed by atoms with Crippen LogP contribution in [-0.2, 0) is 4.79 Å². The molecule has 1 atom stereocenters. The Morgan fingerprint density at radius 2 is 2.04 bits per heavy atom. The molecule has 1 heterocycles. The van der Waals surface area contributed by atoms with Gasteiger partial charge < -0.3 is 10.1 Å². The Labute approximate surface area is 144 Å². The zero-order valence-corrected chi connectivity index (χ0v) is 15.0. The van der Waals surface area contributed by atoms with Crippen molar-refractivity contribution in [2.45, 2.75) is 51.7 Å². The summed E-state index contributed by atoms with van der Waals surface area (Å²) in [4.78, 5) is 14.7. The summed E-state index contributed by atoms with van der Waals surface area (Å²) in [7, 11) is 0. The van der Waals surface area contributed by atoms with Crippen LogP contribution in [0.15, 0.2) is 24.3 Å². The second-order valence-electron chi connectivity index (χ2n) is 6.80. The quantitative estimate of drug-likeness (QED) is 0.863. The van der Waals surface area contributed by atoms with Gasteiger partial charge in [-0.2, -0.15) is 0 Å². The summed E-state index contributed by atoms with van der Waals surface area (Å²) in [5, 5.41) is 3.61. The smallest absolute Gasteiger partial charge is 0.260 e. The molecule has 1 unspecified atom stereocenters. The Morgan fingerprint density at radius 3 is 2.70 bits per heavy atom. The monoisotopic (exact) mass is 338 g/mol. The van der Waals surface area contributed by atoms with E-state index >= 15 is 0 Å². The fourth-order valence-corrected chi connectivity index (χ4v) is 3.04. The number of rotatable bonds is 6. The number of nitrogens with zero attached hydrogens (tertiary/aromatic N) is 1. The predicted octanol–water partition coefficient (Wildman–Crippen LogP) is 3.49. The van der Waals surface area contributed by atoms with Gasteiger partial charge in [0.05, 0.1) is 0 Å². The van der Waals surface area contributed by atoms with E-state index in [0.29, 0.717) is 17.3 Å². The Morgan fingerprint density at radius 1 is 1.35 bits per heavy atom. The Balaban J connectivity index is 1.83. The Hall–Kier alpha value is -1.26. The maximum atomic E-state index is 12.3. The van der Waals surface area contributed by atoms with Gasteiger partial charge in [0.25, 0.3) is 5.91 Å². The number of nitrogens with one attached hydrogen (secondary N) is 1. The molecule has 1 aliphatic rings. The number of piperidine rings is 1. The average molecular weight is 339 g/mol. The van der Waals surface area contributed by atoms with Gasteiger partial charge >= 0.3 is 0 Å². The number of benzene rings is 1. The lowest BCUT2D eigenvalue weighted by Crippen LogP contribution is -2.54. The van der Waals surface area contributed by atoms with Gasteiger partial charge in [0.2, 0.25) is 0 Å². The summed E-state index contributed by atoms with van der Waals surface area (Å²) in [6.45, 7) is 8.95. The first-order valence-electron chi connectivity index (χ1n) is 8.33. The molecule has 1 fully saturated rings. The molecule has 0 aromatic heterocycles. The highest BCUT2D eigenvalue weighted by Crippen LogP contribution is 2.20. The van der Waals surface area contributed by atoms with Gasteiger partial charge in [0, 0.05) is 17.1 Å². The first kappa shape index (κ1) is 18.1. The van der Waals surface area contributed by atoms with Crippen molar-refractivity contribution in [1.82, 2.24) is 10.2 Å². The molecule has 1 aromatic rings. The highest BCUT2D eigenvalue weighted by atomic mass is 35.5. The highest BCUT2D eigenvalue weighted by Gasteiger charge is 2.29. The zero-order valence-electron chi connectivity index (χ0n) is 14.3. The predicted molar refractivity (Wildman–Crippen MR) is 94.1 cm³/mol. The lowest BCUT2D eigenvalue weighted by molar-refractivity contribution is -0.127. The van der Waals surface area contributed by atoms with Crippen LogP contribution in [0, 0.1) is 0 Å². The lowest BCUT2D eigenvalue weighted by Gasteiger charge is -2.41. The molecule has 0 aliphatic carbocycles. The van der Waals surface area contributed by atoms with E-state index in [0.717, 1.165) is 13.1 Å². The minimum Gasteiger partial charge on any atom is -0.481 e. The van der Waals surface area contributed by atoms with E-state index in [1.807, 2.05) is 6.07 Å². The lowest BCUT2D eigenvalue weighted by atomic mass is 9.98.